The van der Waals surface area contributed by atoms with E-state index < -0.39 is 0 Å². The Hall–Kier alpha value is -7.37. The standard InChI is InChI=1S/C57H49BN4/c1-38-33-40(3)53(41(4)34-38)58(54-42(5)35-39(2)36-43(54)6)48-29-31-49(32-30-48)62(50-26-18-25-47(37-50)44-19-10-7-11-20-44)57-60-55(46-23-14-9-15-24-46)59-56(61-57)52-28-17-16-27-51(52)45-21-12-8-13-22-45/h7-37H,1-6H3. The van der Waals surface area contributed by atoms with Gasteiger partial charge < -0.3 is 0 Å². The molecule has 0 amide bonds. The number of hydrogen-bond donors (Lipinski definition) is 0. The quantitative estimate of drug-likeness (QED) is 0.129. The van der Waals surface area contributed by atoms with Crippen LogP contribution in [0.2, 0.25) is 0 Å². The minimum Gasteiger partial charge on any atom is -0.279 e. The number of rotatable bonds is 10. The van der Waals surface area contributed by atoms with Crippen LogP contribution < -0.4 is 21.3 Å². The Morgan fingerprint density at radius 3 is 1.39 bits per heavy atom. The Kier molecular flexibility index (Phi) is 11.2. The van der Waals surface area contributed by atoms with Crippen LogP contribution in [-0.4, -0.2) is 21.7 Å². The molecule has 300 valence electrons. The maximum Gasteiger partial charge on any atom is 0.242 e. The monoisotopic (exact) mass is 800 g/mol. The van der Waals surface area contributed by atoms with E-state index in [1.54, 1.807) is 0 Å². The number of hydrogen-bond acceptors (Lipinski definition) is 4. The van der Waals surface area contributed by atoms with Gasteiger partial charge in [0.2, 0.25) is 12.7 Å². The summed E-state index contributed by atoms with van der Waals surface area (Å²) in [5.74, 6) is 1.73. The molecule has 0 aliphatic rings. The summed E-state index contributed by atoms with van der Waals surface area (Å²) in [5.41, 5.74) is 19.9. The number of benzene rings is 8. The van der Waals surface area contributed by atoms with Crippen molar-refractivity contribution in [3.63, 3.8) is 0 Å². The third kappa shape index (κ3) is 8.10. The molecule has 0 N–H and O–H groups in total. The highest BCUT2D eigenvalue weighted by molar-refractivity contribution is 6.96. The van der Waals surface area contributed by atoms with Crippen molar-refractivity contribution in [2.45, 2.75) is 41.5 Å². The molecular weight excluding hydrogens is 751 g/mol. The lowest BCUT2D eigenvalue weighted by atomic mass is 9.34. The molecule has 1 heterocycles. The molecule has 0 unspecified atom stereocenters. The molecule has 0 saturated carbocycles. The molecule has 8 aromatic carbocycles. The van der Waals surface area contributed by atoms with Crippen molar-refractivity contribution in [2.24, 2.45) is 0 Å². The van der Waals surface area contributed by atoms with Gasteiger partial charge in [-0.1, -0.05) is 214 Å². The van der Waals surface area contributed by atoms with Crippen molar-refractivity contribution in [3.8, 4) is 45.0 Å². The van der Waals surface area contributed by atoms with Crippen LogP contribution in [0.5, 0.6) is 0 Å². The van der Waals surface area contributed by atoms with E-state index in [2.05, 4.69) is 210 Å². The number of aromatic nitrogens is 3. The third-order valence-corrected chi connectivity index (χ3v) is 11.9. The van der Waals surface area contributed by atoms with Gasteiger partial charge in [0.1, 0.15) is 0 Å². The van der Waals surface area contributed by atoms with Crippen LogP contribution in [0.15, 0.2) is 188 Å². The molecule has 4 nitrogen and oxygen atoms in total. The maximum absolute atomic E-state index is 5.39. The van der Waals surface area contributed by atoms with Crippen LogP contribution >= 0.6 is 0 Å². The predicted molar refractivity (Wildman–Crippen MR) is 262 cm³/mol. The summed E-state index contributed by atoms with van der Waals surface area (Å²) in [4.78, 5) is 18.1. The zero-order valence-electron chi connectivity index (χ0n) is 36.3. The fourth-order valence-electron chi connectivity index (χ4n) is 9.27. The maximum atomic E-state index is 5.39. The second-order valence-electron chi connectivity index (χ2n) is 16.5. The normalized spacial score (nSPS) is 11.1. The minimum atomic E-state index is 0.0445. The van der Waals surface area contributed by atoms with Gasteiger partial charge in [0.15, 0.2) is 11.6 Å². The first kappa shape index (κ1) is 40.1. The summed E-state index contributed by atoms with van der Waals surface area (Å²) in [6, 6.07) is 66.6. The van der Waals surface area contributed by atoms with Crippen LogP contribution in [-0.2, 0) is 0 Å². The average molecular weight is 801 g/mol. The molecule has 0 bridgehead atoms. The van der Waals surface area contributed by atoms with Crippen LogP contribution in [0.25, 0.3) is 45.0 Å². The first-order valence-corrected chi connectivity index (χ1v) is 21.4. The van der Waals surface area contributed by atoms with E-state index in [0.29, 0.717) is 17.6 Å². The van der Waals surface area contributed by atoms with Gasteiger partial charge in [0.05, 0.1) is 0 Å². The Morgan fingerprint density at radius 1 is 0.355 bits per heavy atom. The molecule has 0 saturated heterocycles. The average Bonchev–Trinajstić information content (AvgIpc) is 3.29. The minimum absolute atomic E-state index is 0.0445. The van der Waals surface area contributed by atoms with Gasteiger partial charge in [-0.05, 0) is 88.1 Å². The van der Waals surface area contributed by atoms with Gasteiger partial charge in [-0.3, -0.25) is 4.90 Å². The third-order valence-electron chi connectivity index (χ3n) is 11.9. The van der Waals surface area contributed by atoms with Gasteiger partial charge in [-0.15, -0.1) is 0 Å². The van der Waals surface area contributed by atoms with Crippen LogP contribution in [0.4, 0.5) is 17.3 Å². The zero-order valence-corrected chi connectivity index (χ0v) is 36.3. The summed E-state index contributed by atoms with van der Waals surface area (Å²) < 4.78 is 0. The molecule has 5 heteroatoms. The first-order chi connectivity index (χ1) is 30.2. The smallest absolute Gasteiger partial charge is 0.242 e. The molecule has 0 radical (unpaired) electrons. The van der Waals surface area contributed by atoms with Crippen molar-refractivity contribution >= 4 is 40.4 Å². The Labute approximate surface area is 366 Å². The molecule has 9 aromatic rings. The molecule has 0 aliphatic heterocycles. The second-order valence-corrected chi connectivity index (χ2v) is 16.5. The highest BCUT2D eigenvalue weighted by Gasteiger charge is 2.29. The van der Waals surface area contributed by atoms with E-state index >= 15 is 0 Å². The summed E-state index contributed by atoms with van der Waals surface area (Å²) in [6.45, 7) is 13.5. The number of aryl methyl sites for hydroxylation is 6. The Balaban J connectivity index is 1.26. The van der Waals surface area contributed by atoms with Crippen LogP contribution in [0, 0.1) is 41.5 Å². The van der Waals surface area contributed by atoms with Gasteiger partial charge in [0.25, 0.3) is 0 Å². The predicted octanol–water partition coefficient (Wildman–Crippen LogP) is 12.4. The van der Waals surface area contributed by atoms with E-state index in [4.69, 9.17) is 15.0 Å². The lowest BCUT2D eigenvalue weighted by Crippen LogP contribution is -2.55. The van der Waals surface area contributed by atoms with Crippen molar-refractivity contribution in [1.29, 1.82) is 0 Å². The molecule has 62 heavy (non-hydrogen) atoms. The topological polar surface area (TPSA) is 41.9 Å². The van der Waals surface area contributed by atoms with Crippen LogP contribution in [0.3, 0.4) is 0 Å². The summed E-state index contributed by atoms with van der Waals surface area (Å²) in [7, 11) is 0. The first-order valence-electron chi connectivity index (χ1n) is 21.4. The van der Waals surface area contributed by atoms with E-state index in [-0.39, 0.29) is 6.71 Å². The summed E-state index contributed by atoms with van der Waals surface area (Å²) in [5, 5.41) is 0. The Morgan fingerprint density at radius 2 is 0.823 bits per heavy atom. The van der Waals surface area contributed by atoms with Gasteiger partial charge >= 0.3 is 0 Å². The lowest BCUT2D eigenvalue weighted by molar-refractivity contribution is 1.02. The molecular formula is C57H49BN4. The fraction of sp³-hybridized carbons (Fsp3) is 0.105. The van der Waals surface area contributed by atoms with Gasteiger partial charge in [-0.25, -0.2) is 4.98 Å². The van der Waals surface area contributed by atoms with Crippen molar-refractivity contribution in [3.05, 3.63) is 221 Å². The molecule has 9 rings (SSSR count). The lowest BCUT2D eigenvalue weighted by Gasteiger charge is -2.27. The van der Waals surface area contributed by atoms with E-state index in [1.807, 2.05) is 24.3 Å². The number of nitrogens with zero attached hydrogens (tertiary/aromatic N) is 4. The SMILES string of the molecule is Cc1cc(C)c(B(c2ccc(N(c3cccc(-c4ccccc4)c3)c3nc(-c4ccccc4)nc(-c4ccccc4-c4ccccc4)n3)cc2)c2c(C)cc(C)cc2C)c(C)c1. The molecule has 1 aromatic heterocycles. The summed E-state index contributed by atoms with van der Waals surface area (Å²) >= 11 is 0. The highest BCUT2D eigenvalue weighted by Crippen LogP contribution is 2.38. The largest absolute Gasteiger partial charge is 0.279 e. The fourth-order valence-corrected chi connectivity index (χ4v) is 9.27. The van der Waals surface area contributed by atoms with E-state index in [0.717, 1.165) is 44.8 Å². The molecule has 0 fully saturated rings. The Bertz CT molecular complexity index is 2910. The van der Waals surface area contributed by atoms with Crippen molar-refractivity contribution in [1.82, 2.24) is 15.0 Å². The second kappa shape index (κ2) is 17.3. The molecule has 0 aliphatic carbocycles. The zero-order chi connectivity index (χ0) is 42.7. The molecule has 0 spiro atoms. The van der Waals surface area contributed by atoms with E-state index in [9.17, 15) is 0 Å². The van der Waals surface area contributed by atoms with Crippen molar-refractivity contribution in [2.75, 3.05) is 4.90 Å². The van der Waals surface area contributed by atoms with E-state index in [1.165, 1.54) is 49.8 Å². The number of anilines is 3. The van der Waals surface area contributed by atoms with Gasteiger partial charge in [0, 0.05) is 22.5 Å². The van der Waals surface area contributed by atoms with Crippen molar-refractivity contribution < 1.29 is 0 Å². The van der Waals surface area contributed by atoms with Crippen LogP contribution in [0.1, 0.15) is 33.4 Å². The highest BCUT2D eigenvalue weighted by atomic mass is 15.3. The summed E-state index contributed by atoms with van der Waals surface area (Å²) in [6.07, 6.45) is 0. The molecule has 0 atom stereocenters. The van der Waals surface area contributed by atoms with Gasteiger partial charge in [-0.2, -0.15) is 9.97 Å².